The molecule has 0 aromatic heterocycles. The molecule has 0 atom stereocenters. The number of nitrogens with two attached hydrogens (primary N) is 1. The third-order valence-electron chi connectivity index (χ3n) is 3.56. The summed E-state index contributed by atoms with van der Waals surface area (Å²) < 4.78 is 28.6. The first-order valence-corrected chi connectivity index (χ1v) is 8.31. The molecule has 0 spiro atoms. The van der Waals surface area contributed by atoms with Crippen molar-refractivity contribution >= 4 is 10.0 Å². The normalized spacial score (nSPS) is 18.0. The highest BCUT2D eigenvalue weighted by atomic mass is 32.2. The minimum atomic E-state index is -3.64. The van der Waals surface area contributed by atoms with E-state index in [1.807, 2.05) is 0 Å². The summed E-state index contributed by atoms with van der Waals surface area (Å²) in [6.07, 6.45) is 7.39. The van der Waals surface area contributed by atoms with Crippen LogP contribution in [0.1, 0.15) is 44.1 Å². The summed E-state index contributed by atoms with van der Waals surface area (Å²) >= 11 is 0. The second kappa shape index (κ2) is 5.92. The van der Waals surface area contributed by atoms with Gasteiger partial charge in [-0.05, 0) is 56.4 Å². The lowest BCUT2D eigenvalue weighted by Gasteiger charge is -2.17. The Hall–Kier alpha value is -1.07. The first kappa shape index (κ1) is 14.3. The molecular weight excluding hydrogens is 262 g/mol. The van der Waals surface area contributed by atoms with Crippen LogP contribution in [0, 0.1) is 6.92 Å². The van der Waals surface area contributed by atoms with Crippen LogP contribution in [-0.4, -0.2) is 14.5 Å². The van der Waals surface area contributed by atoms with E-state index in [4.69, 9.17) is 9.88 Å². The lowest BCUT2D eigenvalue weighted by atomic mass is 10.1. The van der Waals surface area contributed by atoms with Gasteiger partial charge in [-0.3, -0.25) is 0 Å². The van der Waals surface area contributed by atoms with E-state index in [9.17, 15) is 8.42 Å². The standard InChI is InChI=1S/C14H21NO3S/c1-11-10-13(8-9-14(11)19(15,16)17)18-12-6-4-2-3-5-7-12/h8-10,12H,2-7H2,1H3,(H2,15,16,17). The van der Waals surface area contributed by atoms with Crippen molar-refractivity contribution in [3.8, 4) is 5.75 Å². The van der Waals surface area contributed by atoms with Gasteiger partial charge in [0.1, 0.15) is 5.75 Å². The molecule has 1 saturated carbocycles. The molecule has 1 aliphatic carbocycles. The van der Waals surface area contributed by atoms with Crippen molar-refractivity contribution in [1.29, 1.82) is 0 Å². The first-order chi connectivity index (χ1) is 8.97. The van der Waals surface area contributed by atoms with Gasteiger partial charge in [0.25, 0.3) is 0 Å². The van der Waals surface area contributed by atoms with Crippen LogP contribution in [-0.2, 0) is 10.0 Å². The molecule has 106 valence electrons. The summed E-state index contributed by atoms with van der Waals surface area (Å²) in [5.74, 6) is 0.733. The SMILES string of the molecule is Cc1cc(OC2CCCCCC2)ccc1S(N)(=O)=O. The number of benzene rings is 1. The van der Waals surface area contributed by atoms with Crippen LogP contribution < -0.4 is 9.88 Å². The highest BCUT2D eigenvalue weighted by Gasteiger charge is 2.16. The van der Waals surface area contributed by atoms with Gasteiger partial charge in [0, 0.05) is 0 Å². The molecule has 1 fully saturated rings. The van der Waals surface area contributed by atoms with Crippen molar-refractivity contribution in [2.24, 2.45) is 5.14 Å². The van der Waals surface area contributed by atoms with Crippen molar-refractivity contribution in [3.05, 3.63) is 23.8 Å². The van der Waals surface area contributed by atoms with E-state index in [1.165, 1.54) is 31.7 Å². The molecule has 1 aromatic rings. The summed E-state index contributed by atoms with van der Waals surface area (Å²) in [5.41, 5.74) is 0.633. The first-order valence-electron chi connectivity index (χ1n) is 6.77. The zero-order chi connectivity index (χ0) is 13.9. The van der Waals surface area contributed by atoms with Gasteiger partial charge in [-0.1, -0.05) is 12.8 Å². The predicted molar refractivity (Wildman–Crippen MR) is 74.7 cm³/mol. The fourth-order valence-electron chi connectivity index (χ4n) is 2.57. The number of aryl methyl sites for hydroxylation is 1. The fourth-order valence-corrected chi connectivity index (χ4v) is 3.33. The quantitative estimate of drug-likeness (QED) is 0.867. The Kier molecular flexibility index (Phi) is 4.47. The molecule has 1 aliphatic rings. The molecule has 0 amide bonds. The lowest BCUT2D eigenvalue weighted by Crippen LogP contribution is -2.16. The van der Waals surface area contributed by atoms with Gasteiger partial charge < -0.3 is 4.74 Å². The Morgan fingerprint density at radius 3 is 2.32 bits per heavy atom. The Morgan fingerprint density at radius 1 is 1.16 bits per heavy atom. The minimum Gasteiger partial charge on any atom is -0.490 e. The van der Waals surface area contributed by atoms with E-state index < -0.39 is 10.0 Å². The zero-order valence-corrected chi connectivity index (χ0v) is 12.1. The van der Waals surface area contributed by atoms with E-state index in [0.29, 0.717) is 5.56 Å². The summed E-state index contributed by atoms with van der Waals surface area (Å²) in [7, 11) is -3.64. The summed E-state index contributed by atoms with van der Waals surface area (Å²) in [5, 5.41) is 5.14. The fraction of sp³-hybridized carbons (Fsp3) is 0.571. The van der Waals surface area contributed by atoms with E-state index >= 15 is 0 Å². The smallest absolute Gasteiger partial charge is 0.238 e. The van der Waals surface area contributed by atoms with Gasteiger partial charge >= 0.3 is 0 Å². The molecule has 2 rings (SSSR count). The maximum absolute atomic E-state index is 11.3. The molecule has 2 N–H and O–H groups in total. The van der Waals surface area contributed by atoms with E-state index in [1.54, 1.807) is 19.1 Å². The largest absolute Gasteiger partial charge is 0.490 e. The number of primary sulfonamides is 1. The van der Waals surface area contributed by atoms with E-state index in [0.717, 1.165) is 18.6 Å². The molecule has 0 aliphatic heterocycles. The lowest BCUT2D eigenvalue weighted by molar-refractivity contribution is 0.183. The van der Waals surface area contributed by atoms with Crippen LogP contribution in [0.2, 0.25) is 0 Å². The van der Waals surface area contributed by atoms with Crippen LogP contribution in [0.15, 0.2) is 23.1 Å². The second-order valence-corrected chi connectivity index (χ2v) is 6.73. The summed E-state index contributed by atoms with van der Waals surface area (Å²) in [6.45, 7) is 1.74. The van der Waals surface area contributed by atoms with Crippen LogP contribution in [0.3, 0.4) is 0 Å². The van der Waals surface area contributed by atoms with Gasteiger partial charge in [0.15, 0.2) is 0 Å². The van der Waals surface area contributed by atoms with Crippen molar-refractivity contribution < 1.29 is 13.2 Å². The van der Waals surface area contributed by atoms with Crippen molar-refractivity contribution in [2.45, 2.75) is 56.4 Å². The summed E-state index contributed by atoms with van der Waals surface area (Å²) in [6, 6.07) is 4.97. The third-order valence-corrected chi connectivity index (χ3v) is 4.63. The Balaban J connectivity index is 2.11. The third kappa shape index (κ3) is 3.94. The van der Waals surface area contributed by atoms with Gasteiger partial charge in [-0.15, -0.1) is 0 Å². The topological polar surface area (TPSA) is 69.4 Å². The van der Waals surface area contributed by atoms with Gasteiger partial charge in [0.2, 0.25) is 10.0 Å². The Bertz CT molecular complexity index is 532. The molecular formula is C14H21NO3S. The van der Waals surface area contributed by atoms with Crippen molar-refractivity contribution in [1.82, 2.24) is 0 Å². The van der Waals surface area contributed by atoms with Crippen molar-refractivity contribution in [3.63, 3.8) is 0 Å². The summed E-state index contributed by atoms with van der Waals surface area (Å²) in [4.78, 5) is 0.167. The minimum absolute atomic E-state index is 0.167. The monoisotopic (exact) mass is 283 g/mol. The van der Waals surface area contributed by atoms with Gasteiger partial charge in [-0.2, -0.15) is 0 Å². The number of rotatable bonds is 3. The molecule has 0 radical (unpaired) electrons. The zero-order valence-electron chi connectivity index (χ0n) is 11.3. The maximum Gasteiger partial charge on any atom is 0.238 e. The average Bonchev–Trinajstić information content (AvgIpc) is 2.56. The molecule has 0 bridgehead atoms. The highest BCUT2D eigenvalue weighted by Crippen LogP contribution is 2.25. The molecule has 1 aromatic carbocycles. The highest BCUT2D eigenvalue weighted by molar-refractivity contribution is 7.89. The van der Waals surface area contributed by atoms with E-state index in [-0.39, 0.29) is 11.0 Å². The van der Waals surface area contributed by atoms with Gasteiger partial charge in [-0.25, -0.2) is 13.6 Å². The second-order valence-electron chi connectivity index (χ2n) is 5.20. The number of hydrogen-bond acceptors (Lipinski definition) is 3. The molecule has 19 heavy (non-hydrogen) atoms. The van der Waals surface area contributed by atoms with Crippen LogP contribution >= 0.6 is 0 Å². The molecule has 5 heteroatoms. The molecule has 0 unspecified atom stereocenters. The van der Waals surface area contributed by atoms with Crippen LogP contribution in [0.25, 0.3) is 0 Å². The average molecular weight is 283 g/mol. The number of hydrogen-bond donors (Lipinski definition) is 1. The molecule has 4 nitrogen and oxygen atoms in total. The van der Waals surface area contributed by atoms with Crippen LogP contribution in [0.4, 0.5) is 0 Å². The Morgan fingerprint density at radius 2 is 1.79 bits per heavy atom. The van der Waals surface area contributed by atoms with E-state index in [2.05, 4.69) is 0 Å². The van der Waals surface area contributed by atoms with Crippen LogP contribution in [0.5, 0.6) is 5.75 Å². The predicted octanol–water partition coefficient (Wildman–Crippen LogP) is 2.74. The number of ether oxygens (including phenoxy) is 1. The maximum atomic E-state index is 11.3. The molecule has 0 saturated heterocycles. The van der Waals surface area contributed by atoms with Crippen molar-refractivity contribution in [2.75, 3.05) is 0 Å². The number of sulfonamides is 1. The Labute approximate surface area is 115 Å². The van der Waals surface area contributed by atoms with Gasteiger partial charge in [0.05, 0.1) is 11.0 Å². The molecule has 0 heterocycles.